The average molecular weight is 469 g/mol. The molecule has 1 unspecified atom stereocenters. The van der Waals surface area contributed by atoms with Crippen molar-refractivity contribution in [2.75, 3.05) is 4.90 Å². The van der Waals surface area contributed by atoms with Gasteiger partial charge in [-0.25, -0.2) is 9.18 Å². The Balaban J connectivity index is 1.68. The number of halogens is 1. The summed E-state index contributed by atoms with van der Waals surface area (Å²) in [7, 11) is 0. The molecule has 0 spiro atoms. The predicted octanol–water partition coefficient (Wildman–Crippen LogP) is 6.50. The van der Waals surface area contributed by atoms with Crippen molar-refractivity contribution in [1.29, 1.82) is 0 Å². The fourth-order valence-corrected chi connectivity index (χ4v) is 4.37. The third kappa shape index (κ3) is 4.21. The molecule has 1 aliphatic rings. The zero-order valence-electron chi connectivity index (χ0n) is 20.0. The molecule has 0 aliphatic carbocycles. The van der Waals surface area contributed by atoms with Crippen LogP contribution in [0.2, 0.25) is 0 Å². The Morgan fingerprint density at radius 2 is 1.74 bits per heavy atom. The summed E-state index contributed by atoms with van der Waals surface area (Å²) in [5, 5.41) is 7.24. The third-order valence-electron chi connectivity index (χ3n) is 6.35. The number of amides is 2. The van der Waals surface area contributed by atoms with Crippen LogP contribution in [0.3, 0.4) is 0 Å². The summed E-state index contributed by atoms with van der Waals surface area (Å²) in [5.74, 6) is 0.160. The number of allylic oxidation sites excluding steroid dienone is 1. The summed E-state index contributed by atoms with van der Waals surface area (Å²) in [6, 6.07) is 19.1. The molecule has 0 saturated heterocycles. The lowest BCUT2D eigenvalue weighted by atomic mass is 9.92. The second-order valence-electron chi connectivity index (χ2n) is 8.83. The lowest BCUT2D eigenvalue weighted by molar-refractivity contribution is 0.244. The Bertz CT molecular complexity index is 1470. The number of aromatic nitrogens is 2. The molecule has 176 valence electrons. The first kappa shape index (κ1) is 22.5. The Morgan fingerprint density at radius 3 is 2.49 bits per heavy atom. The first-order valence-electron chi connectivity index (χ1n) is 11.4. The molecule has 7 heteroatoms. The maximum absolute atomic E-state index is 13.8. The maximum atomic E-state index is 13.8. The van der Waals surface area contributed by atoms with E-state index in [9.17, 15) is 9.18 Å². The summed E-state index contributed by atoms with van der Waals surface area (Å²) in [5.41, 5.74) is 6.82. The van der Waals surface area contributed by atoms with Gasteiger partial charge in [0, 0.05) is 11.3 Å². The van der Waals surface area contributed by atoms with Gasteiger partial charge in [0.05, 0.1) is 17.3 Å². The number of nitrogens with zero attached hydrogens (tertiary/aromatic N) is 3. The lowest BCUT2D eigenvalue weighted by Crippen LogP contribution is -2.46. The molecule has 2 amide bonds. The van der Waals surface area contributed by atoms with Gasteiger partial charge in [-0.05, 0) is 74.2 Å². The summed E-state index contributed by atoms with van der Waals surface area (Å²) in [6.07, 6.45) is 0. The molecule has 0 saturated carbocycles. The van der Waals surface area contributed by atoms with Gasteiger partial charge in [0.1, 0.15) is 5.82 Å². The van der Waals surface area contributed by atoms with Gasteiger partial charge in [0.25, 0.3) is 5.89 Å². The molecule has 0 radical (unpaired) electrons. The fraction of sp³-hybridized carbons (Fsp3) is 0.179. The molecule has 35 heavy (non-hydrogen) atoms. The molecule has 3 aromatic carbocycles. The van der Waals surface area contributed by atoms with E-state index in [0.29, 0.717) is 16.8 Å². The van der Waals surface area contributed by atoms with Crippen LogP contribution in [0.4, 0.5) is 14.9 Å². The van der Waals surface area contributed by atoms with Crippen LogP contribution in [0, 0.1) is 26.6 Å². The first-order chi connectivity index (χ1) is 16.8. The first-order valence-corrected chi connectivity index (χ1v) is 11.4. The Hall–Kier alpha value is -4.26. The van der Waals surface area contributed by atoms with Gasteiger partial charge >= 0.3 is 6.03 Å². The van der Waals surface area contributed by atoms with Crippen molar-refractivity contribution in [3.8, 4) is 11.4 Å². The van der Waals surface area contributed by atoms with E-state index in [1.807, 2.05) is 64.1 Å². The van der Waals surface area contributed by atoms with E-state index in [-0.39, 0.29) is 23.6 Å². The highest BCUT2D eigenvalue weighted by molar-refractivity contribution is 6.01. The number of urea groups is 1. The topological polar surface area (TPSA) is 71.3 Å². The van der Waals surface area contributed by atoms with Crippen molar-refractivity contribution in [2.24, 2.45) is 0 Å². The van der Waals surface area contributed by atoms with Gasteiger partial charge < -0.3 is 9.84 Å². The summed E-state index contributed by atoms with van der Waals surface area (Å²) in [4.78, 5) is 19.6. The van der Waals surface area contributed by atoms with Gasteiger partial charge in [-0.3, -0.25) is 4.90 Å². The molecule has 0 fully saturated rings. The standard InChI is InChI=1S/C28H25FN4O2/c1-16-7-5-10-23(13-16)33-19(4)24(25(30-28(33)34)20-12-11-17(2)18(3)14-20)27-31-26(32-35-27)21-8-6-9-22(29)15-21/h5-15,25H,1-4H3,(H,30,34). The zero-order valence-corrected chi connectivity index (χ0v) is 20.0. The van der Waals surface area contributed by atoms with Gasteiger partial charge in [-0.1, -0.05) is 47.6 Å². The maximum Gasteiger partial charge on any atom is 0.326 e. The molecular formula is C28H25FN4O2. The fourth-order valence-electron chi connectivity index (χ4n) is 4.37. The molecule has 1 aromatic heterocycles. The van der Waals surface area contributed by atoms with Crippen LogP contribution in [0.25, 0.3) is 17.0 Å². The molecule has 0 bridgehead atoms. The number of benzene rings is 3. The summed E-state index contributed by atoms with van der Waals surface area (Å²) in [6.45, 7) is 7.93. The number of aryl methyl sites for hydroxylation is 3. The van der Waals surface area contributed by atoms with Crippen molar-refractivity contribution in [3.05, 3.63) is 106 Å². The van der Waals surface area contributed by atoms with E-state index in [2.05, 4.69) is 21.5 Å². The summed E-state index contributed by atoms with van der Waals surface area (Å²) < 4.78 is 19.5. The van der Waals surface area contributed by atoms with Gasteiger partial charge in [0.2, 0.25) is 5.82 Å². The van der Waals surface area contributed by atoms with Gasteiger partial charge in [0.15, 0.2) is 0 Å². The predicted molar refractivity (Wildman–Crippen MR) is 133 cm³/mol. The highest BCUT2D eigenvalue weighted by Crippen LogP contribution is 2.39. The van der Waals surface area contributed by atoms with E-state index < -0.39 is 6.04 Å². The minimum absolute atomic E-state index is 0.245. The molecular weight excluding hydrogens is 443 g/mol. The molecule has 1 N–H and O–H groups in total. The number of carbonyl (C=O) groups excluding carboxylic acids is 1. The Kier molecular flexibility index (Phi) is 5.68. The van der Waals surface area contributed by atoms with Crippen molar-refractivity contribution < 1.29 is 13.7 Å². The Morgan fingerprint density at radius 1 is 0.943 bits per heavy atom. The second-order valence-corrected chi connectivity index (χ2v) is 8.83. The van der Waals surface area contributed by atoms with Gasteiger partial charge in [-0.2, -0.15) is 4.98 Å². The van der Waals surface area contributed by atoms with Crippen molar-refractivity contribution >= 4 is 17.3 Å². The molecule has 2 heterocycles. The van der Waals surface area contributed by atoms with E-state index in [1.54, 1.807) is 17.0 Å². The van der Waals surface area contributed by atoms with Crippen LogP contribution in [-0.4, -0.2) is 16.2 Å². The smallest absolute Gasteiger partial charge is 0.326 e. The van der Waals surface area contributed by atoms with E-state index >= 15 is 0 Å². The minimum Gasteiger partial charge on any atom is -0.334 e. The van der Waals surface area contributed by atoms with Crippen molar-refractivity contribution in [2.45, 2.75) is 33.7 Å². The summed E-state index contributed by atoms with van der Waals surface area (Å²) >= 11 is 0. The highest BCUT2D eigenvalue weighted by Gasteiger charge is 2.36. The highest BCUT2D eigenvalue weighted by atomic mass is 19.1. The van der Waals surface area contributed by atoms with Crippen LogP contribution in [0.1, 0.15) is 41.1 Å². The largest absolute Gasteiger partial charge is 0.334 e. The number of rotatable bonds is 4. The van der Waals surface area contributed by atoms with Gasteiger partial charge in [-0.15, -0.1) is 0 Å². The molecule has 1 aliphatic heterocycles. The SMILES string of the molecule is CC1=C(c2nc(-c3cccc(F)c3)no2)C(c2ccc(C)c(C)c2)NC(=O)N1c1cccc(C)c1. The number of nitrogens with one attached hydrogen (secondary N) is 1. The quantitative estimate of drug-likeness (QED) is 0.371. The van der Waals surface area contributed by atoms with Crippen LogP contribution in [0.5, 0.6) is 0 Å². The number of anilines is 1. The van der Waals surface area contributed by atoms with Crippen LogP contribution < -0.4 is 10.2 Å². The normalized spacial score (nSPS) is 16.0. The minimum atomic E-state index is -0.497. The number of hydrogen-bond acceptors (Lipinski definition) is 4. The van der Waals surface area contributed by atoms with E-state index in [4.69, 9.17) is 4.52 Å². The van der Waals surface area contributed by atoms with E-state index in [0.717, 1.165) is 27.9 Å². The van der Waals surface area contributed by atoms with Crippen LogP contribution in [-0.2, 0) is 0 Å². The van der Waals surface area contributed by atoms with Crippen molar-refractivity contribution in [1.82, 2.24) is 15.5 Å². The van der Waals surface area contributed by atoms with Crippen LogP contribution in [0.15, 0.2) is 77.0 Å². The molecule has 1 atom stereocenters. The molecule has 6 nitrogen and oxygen atoms in total. The second kappa shape index (κ2) is 8.83. The van der Waals surface area contributed by atoms with Crippen LogP contribution >= 0.6 is 0 Å². The van der Waals surface area contributed by atoms with Crippen molar-refractivity contribution in [3.63, 3.8) is 0 Å². The zero-order chi connectivity index (χ0) is 24.7. The number of hydrogen-bond donors (Lipinski definition) is 1. The lowest BCUT2D eigenvalue weighted by Gasteiger charge is -2.35. The third-order valence-corrected chi connectivity index (χ3v) is 6.35. The molecule has 5 rings (SSSR count). The number of carbonyl (C=O) groups is 1. The monoisotopic (exact) mass is 468 g/mol. The Labute approximate surface area is 203 Å². The van der Waals surface area contributed by atoms with E-state index in [1.165, 1.54) is 12.1 Å². The molecule has 4 aromatic rings. The average Bonchev–Trinajstić information content (AvgIpc) is 3.30.